The number of hydrogen-bond acceptors (Lipinski definition) is 5. The molecule has 0 bridgehead atoms. The second-order valence-corrected chi connectivity index (χ2v) is 7.29. The lowest BCUT2D eigenvalue weighted by atomic mass is 10.0. The molecule has 1 aliphatic heterocycles. The number of hydrogen-bond donors (Lipinski definition) is 1. The SMILES string of the molecule is CC(NS(=O)(=O)c1ccc(C#N)s1)C1CCOC1. The molecule has 5 nitrogen and oxygen atoms in total. The summed E-state index contributed by atoms with van der Waals surface area (Å²) in [5, 5.41) is 8.70. The summed E-state index contributed by atoms with van der Waals surface area (Å²) in [4.78, 5) is 0.396. The second-order valence-electron chi connectivity index (χ2n) is 4.26. The fraction of sp³-hybridized carbons (Fsp3) is 0.545. The van der Waals surface area contributed by atoms with Crippen molar-refractivity contribution in [3.8, 4) is 6.07 Å². The molecule has 1 aliphatic rings. The van der Waals surface area contributed by atoms with Gasteiger partial charge in [-0.25, -0.2) is 13.1 Å². The molecule has 1 aromatic rings. The van der Waals surface area contributed by atoms with E-state index in [1.165, 1.54) is 12.1 Å². The monoisotopic (exact) mass is 286 g/mol. The van der Waals surface area contributed by atoms with Crippen molar-refractivity contribution in [3.63, 3.8) is 0 Å². The van der Waals surface area contributed by atoms with Gasteiger partial charge in [-0.1, -0.05) is 0 Å². The molecule has 2 rings (SSSR count). The predicted molar refractivity (Wildman–Crippen MR) is 67.7 cm³/mol. The molecule has 18 heavy (non-hydrogen) atoms. The number of thiophene rings is 1. The molecular weight excluding hydrogens is 272 g/mol. The third kappa shape index (κ3) is 2.90. The Morgan fingerprint density at radius 1 is 1.61 bits per heavy atom. The van der Waals surface area contributed by atoms with E-state index in [0.29, 0.717) is 18.1 Å². The molecule has 1 aromatic heterocycles. The fourth-order valence-electron chi connectivity index (χ4n) is 1.87. The van der Waals surface area contributed by atoms with Crippen molar-refractivity contribution in [2.45, 2.75) is 23.6 Å². The summed E-state index contributed by atoms with van der Waals surface area (Å²) in [6, 6.07) is 4.75. The maximum Gasteiger partial charge on any atom is 0.250 e. The van der Waals surface area contributed by atoms with Crippen molar-refractivity contribution in [2.24, 2.45) is 5.92 Å². The molecule has 2 unspecified atom stereocenters. The van der Waals surface area contributed by atoms with Crippen LogP contribution in [0, 0.1) is 17.2 Å². The van der Waals surface area contributed by atoms with Gasteiger partial charge in [0.25, 0.3) is 0 Å². The molecule has 0 amide bonds. The van der Waals surface area contributed by atoms with Gasteiger partial charge in [-0.3, -0.25) is 0 Å². The van der Waals surface area contributed by atoms with Crippen LogP contribution < -0.4 is 4.72 Å². The maximum absolute atomic E-state index is 12.1. The summed E-state index contributed by atoms with van der Waals surface area (Å²) in [5.74, 6) is 0.218. The molecule has 1 N–H and O–H groups in total. The Kier molecular flexibility index (Phi) is 4.02. The summed E-state index contributed by atoms with van der Waals surface area (Å²) >= 11 is 0.982. The Hall–Kier alpha value is -0.940. The lowest BCUT2D eigenvalue weighted by molar-refractivity contribution is 0.180. The highest BCUT2D eigenvalue weighted by Gasteiger charge is 2.27. The quantitative estimate of drug-likeness (QED) is 0.905. The van der Waals surface area contributed by atoms with Gasteiger partial charge in [0.05, 0.1) is 6.61 Å². The van der Waals surface area contributed by atoms with Gasteiger partial charge in [-0.15, -0.1) is 11.3 Å². The number of sulfonamides is 1. The van der Waals surface area contributed by atoms with Crippen LogP contribution in [0.3, 0.4) is 0 Å². The van der Waals surface area contributed by atoms with Crippen LogP contribution in [0.4, 0.5) is 0 Å². The van der Waals surface area contributed by atoms with E-state index >= 15 is 0 Å². The van der Waals surface area contributed by atoms with Gasteiger partial charge in [0.15, 0.2) is 0 Å². The predicted octanol–water partition coefficient (Wildman–Crippen LogP) is 1.32. The lowest BCUT2D eigenvalue weighted by Gasteiger charge is -2.18. The molecule has 0 saturated carbocycles. The summed E-state index contributed by atoms with van der Waals surface area (Å²) in [5.41, 5.74) is 0. The number of nitrogens with zero attached hydrogens (tertiary/aromatic N) is 1. The molecule has 1 saturated heterocycles. The number of nitrogens with one attached hydrogen (secondary N) is 1. The zero-order valence-electron chi connectivity index (χ0n) is 9.92. The van der Waals surface area contributed by atoms with Crippen LogP contribution in [0.25, 0.3) is 0 Å². The Morgan fingerprint density at radius 3 is 2.94 bits per heavy atom. The lowest BCUT2D eigenvalue weighted by Crippen LogP contribution is -2.37. The van der Waals surface area contributed by atoms with E-state index in [1.807, 2.05) is 13.0 Å². The first kappa shape index (κ1) is 13.5. The molecule has 2 atom stereocenters. The van der Waals surface area contributed by atoms with Crippen molar-refractivity contribution in [1.29, 1.82) is 5.26 Å². The Morgan fingerprint density at radius 2 is 2.39 bits per heavy atom. The first-order valence-electron chi connectivity index (χ1n) is 5.63. The van der Waals surface area contributed by atoms with Gasteiger partial charge in [-0.05, 0) is 25.5 Å². The van der Waals surface area contributed by atoms with Crippen molar-refractivity contribution in [3.05, 3.63) is 17.0 Å². The molecule has 0 aromatic carbocycles. The molecule has 0 aliphatic carbocycles. The van der Waals surface area contributed by atoms with Crippen molar-refractivity contribution in [2.75, 3.05) is 13.2 Å². The number of nitriles is 1. The standard InChI is InChI=1S/C11H14N2O3S2/c1-8(9-4-5-16-7-9)13-18(14,15)11-3-2-10(6-12)17-11/h2-3,8-9,13H,4-5,7H2,1H3. The zero-order valence-corrected chi connectivity index (χ0v) is 11.6. The number of ether oxygens (including phenoxy) is 1. The number of rotatable bonds is 4. The van der Waals surface area contributed by atoms with Crippen LogP contribution in [-0.2, 0) is 14.8 Å². The van der Waals surface area contributed by atoms with Crippen molar-refractivity contribution < 1.29 is 13.2 Å². The van der Waals surface area contributed by atoms with Crippen molar-refractivity contribution in [1.82, 2.24) is 4.72 Å². The van der Waals surface area contributed by atoms with Gasteiger partial charge < -0.3 is 4.74 Å². The van der Waals surface area contributed by atoms with Crippen LogP contribution in [0.15, 0.2) is 16.3 Å². The first-order chi connectivity index (χ1) is 8.53. The van der Waals surface area contributed by atoms with Gasteiger partial charge in [-0.2, -0.15) is 5.26 Å². The Labute approximate surface area is 110 Å². The Balaban J connectivity index is 2.09. The molecule has 0 spiro atoms. The molecule has 0 radical (unpaired) electrons. The minimum Gasteiger partial charge on any atom is -0.381 e. The average Bonchev–Trinajstić information content (AvgIpc) is 3.00. The van der Waals surface area contributed by atoms with Crippen LogP contribution in [0.5, 0.6) is 0 Å². The summed E-state index contributed by atoms with van der Waals surface area (Å²) in [6.45, 7) is 3.13. The smallest absolute Gasteiger partial charge is 0.250 e. The van der Waals surface area contributed by atoms with E-state index < -0.39 is 10.0 Å². The second kappa shape index (κ2) is 5.36. The third-order valence-corrected chi connectivity index (χ3v) is 6.01. The van der Waals surface area contributed by atoms with Gasteiger partial charge in [0.1, 0.15) is 15.2 Å². The highest BCUT2D eigenvalue weighted by atomic mass is 32.2. The maximum atomic E-state index is 12.1. The van der Waals surface area contributed by atoms with E-state index in [1.54, 1.807) is 0 Å². The minimum atomic E-state index is -3.52. The topological polar surface area (TPSA) is 79.2 Å². The third-order valence-electron chi connectivity index (χ3n) is 2.97. The summed E-state index contributed by atoms with van der Waals surface area (Å²) in [6.07, 6.45) is 0.873. The molecular formula is C11H14N2O3S2. The highest BCUT2D eigenvalue weighted by molar-refractivity contribution is 7.91. The fourth-order valence-corrected chi connectivity index (χ4v) is 4.30. The summed E-state index contributed by atoms with van der Waals surface area (Å²) in [7, 11) is -3.52. The van der Waals surface area contributed by atoms with Crippen LogP contribution in [-0.4, -0.2) is 27.7 Å². The Bertz CT molecular complexity index is 553. The molecule has 2 heterocycles. The van der Waals surface area contributed by atoms with E-state index in [9.17, 15) is 8.42 Å². The molecule has 98 valence electrons. The molecule has 1 fully saturated rings. The van der Waals surface area contributed by atoms with E-state index in [4.69, 9.17) is 10.00 Å². The van der Waals surface area contributed by atoms with Crippen LogP contribution >= 0.6 is 11.3 Å². The molecule has 7 heteroatoms. The normalized spacial score (nSPS) is 21.7. The van der Waals surface area contributed by atoms with E-state index in [2.05, 4.69) is 4.72 Å². The van der Waals surface area contributed by atoms with Gasteiger partial charge in [0, 0.05) is 18.6 Å². The largest absolute Gasteiger partial charge is 0.381 e. The van der Waals surface area contributed by atoms with Crippen LogP contribution in [0.1, 0.15) is 18.2 Å². The highest BCUT2D eigenvalue weighted by Crippen LogP contribution is 2.23. The average molecular weight is 286 g/mol. The van der Waals surface area contributed by atoms with Crippen LogP contribution in [0.2, 0.25) is 0 Å². The van der Waals surface area contributed by atoms with Gasteiger partial charge >= 0.3 is 0 Å². The van der Waals surface area contributed by atoms with Crippen molar-refractivity contribution >= 4 is 21.4 Å². The first-order valence-corrected chi connectivity index (χ1v) is 7.93. The zero-order chi connectivity index (χ0) is 13.2. The minimum absolute atomic E-state index is 0.162. The van der Waals surface area contributed by atoms with Gasteiger partial charge in [0.2, 0.25) is 10.0 Å². The summed E-state index contributed by atoms with van der Waals surface area (Å²) < 4.78 is 32.2. The van der Waals surface area contributed by atoms with E-state index in [-0.39, 0.29) is 16.2 Å². The van der Waals surface area contributed by atoms with E-state index in [0.717, 1.165) is 17.8 Å².